The molecule has 1 heterocycles. The van der Waals surface area contributed by atoms with Crippen LogP contribution in [0.1, 0.15) is 76.2 Å². The summed E-state index contributed by atoms with van der Waals surface area (Å²) in [5.41, 5.74) is 0.645. The lowest BCUT2D eigenvalue weighted by atomic mass is 9.72. The fourth-order valence-electron chi connectivity index (χ4n) is 5.37. The Morgan fingerprint density at radius 1 is 0.846 bits per heavy atom. The molecule has 1 aromatic rings. The summed E-state index contributed by atoms with van der Waals surface area (Å²) in [5, 5.41) is 0. The van der Waals surface area contributed by atoms with Gasteiger partial charge in [-0.1, -0.05) is 57.2 Å². The van der Waals surface area contributed by atoms with Crippen LogP contribution in [-0.4, -0.2) is 8.80 Å². The molecular weight excluding hydrogens is 349 g/mol. The van der Waals surface area contributed by atoms with Crippen molar-refractivity contribution in [3.8, 4) is 0 Å². The maximum atomic E-state index is 13.5. The minimum atomic E-state index is -1.35. The topological polar surface area (TPSA) is 0 Å². The third kappa shape index (κ3) is 4.93. The molecule has 2 aliphatic rings. The molecule has 0 aromatic heterocycles. The summed E-state index contributed by atoms with van der Waals surface area (Å²) >= 11 is 0. The molecule has 1 aromatic carbocycles. The molecule has 0 nitrogen and oxygen atoms in total. The van der Waals surface area contributed by atoms with Gasteiger partial charge in [0.15, 0.2) is 17.5 Å². The van der Waals surface area contributed by atoms with Crippen LogP contribution in [0.25, 0.3) is 0 Å². The summed E-state index contributed by atoms with van der Waals surface area (Å²) in [5.74, 6) is -1.57. The van der Waals surface area contributed by atoms with Gasteiger partial charge in [-0.05, 0) is 61.1 Å². The first-order valence-corrected chi connectivity index (χ1v) is 13.2. The van der Waals surface area contributed by atoms with Gasteiger partial charge in [-0.15, -0.1) is 0 Å². The summed E-state index contributed by atoms with van der Waals surface area (Å²) in [4.78, 5) is 0. The van der Waals surface area contributed by atoms with E-state index in [1.54, 1.807) is 6.04 Å². The Bertz CT molecular complexity index is 550. The van der Waals surface area contributed by atoms with E-state index in [2.05, 4.69) is 6.92 Å². The van der Waals surface area contributed by atoms with Gasteiger partial charge in [-0.2, -0.15) is 0 Å². The average molecular weight is 383 g/mol. The van der Waals surface area contributed by atoms with E-state index in [0.29, 0.717) is 5.56 Å². The number of hydrogen-bond acceptors (Lipinski definition) is 0. The van der Waals surface area contributed by atoms with Gasteiger partial charge >= 0.3 is 0 Å². The molecule has 0 radical (unpaired) electrons. The van der Waals surface area contributed by atoms with Gasteiger partial charge in [0.1, 0.15) is 0 Å². The van der Waals surface area contributed by atoms with Crippen molar-refractivity contribution >= 4 is 8.80 Å². The van der Waals surface area contributed by atoms with Crippen LogP contribution in [0.2, 0.25) is 18.1 Å². The largest absolute Gasteiger partial charge is 0.204 e. The highest BCUT2D eigenvalue weighted by Gasteiger charge is 2.32. The highest BCUT2D eigenvalue weighted by atomic mass is 28.3. The van der Waals surface area contributed by atoms with Crippen molar-refractivity contribution in [2.45, 2.75) is 88.8 Å². The second-order valence-electron chi connectivity index (χ2n) is 8.69. The Kier molecular flexibility index (Phi) is 7.25. The normalized spacial score (nSPS) is 29.7. The molecular formula is C22H33F3Si. The lowest BCUT2D eigenvalue weighted by Crippen LogP contribution is -2.28. The average Bonchev–Trinajstić information content (AvgIpc) is 2.67. The Labute approximate surface area is 158 Å². The van der Waals surface area contributed by atoms with Gasteiger partial charge in [-0.25, -0.2) is 13.2 Å². The number of halogens is 3. The van der Waals surface area contributed by atoms with Crippen LogP contribution in [-0.2, 0) is 0 Å². The third-order valence-corrected chi connectivity index (χ3v) is 10.5. The van der Waals surface area contributed by atoms with Crippen LogP contribution in [0.15, 0.2) is 12.1 Å². The molecule has 1 aliphatic carbocycles. The van der Waals surface area contributed by atoms with E-state index in [1.165, 1.54) is 56.3 Å². The standard InChI is InChI=1S/C22H33F3Si/c1-2-3-4-11-26-12-9-18(10-13-26)16-5-7-17(8-6-16)19-14-20(23)22(25)21(24)15-19/h14-18,26H,2-13H2,1H3. The van der Waals surface area contributed by atoms with Crippen LogP contribution >= 0.6 is 0 Å². The molecule has 0 spiro atoms. The minimum absolute atomic E-state index is 0.190. The van der Waals surface area contributed by atoms with E-state index in [1.807, 2.05) is 0 Å². The van der Waals surface area contributed by atoms with Gasteiger partial charge in [0.2, 0.25) is 0 Å². The zero-order valence-electron chi connectivity index (χ0n) is 16.1. The van der Waals surface area contributed by atoms with Crippen molar-refractivity contribution in [1.82, 2.24) is 0 Å². The third-order valence-electron chi connectivity index (χ3n) is 7.02. The predicted octanol–water partition coefficient (Wildman–Crippen LogP) is 7.21. The Hall–Kier alpha value is -0.773. The first-order chi connectivity index (χ1) is 12.6. The Balaban J connectivity index is 1.46. The molecule has 26 heavy (non-hydrogen) atoms. The molecule has 1 aliphatic heterocycles. The molecule has 4 heteroatoms. The van der Waals surface area contributed by atoms with E-state index >= 15 is 0 Å². The molecule has 146 valence electrons. The molecule has 1 saturated heterocycles. The molecule has 0 atom stereocenters. The predicted molar refractivity (Wildman–Crippen MR) is 105 cm³/mol. The van der Waals surface area contributed by atoms with E-state index < -0.39 is 26.2 Å². The molecule has 0 N–H and O–H groups in total. The maximum Gasteiger partial charge on any atom is 0.194 e. The Morgan fingerprint density at radius 3 is 2.00 bits per heavy atom. The zero-order chi connectivity index (χ0) is 18.5. The Morgan fingerprint density at radius 2 is 1.42 bits per heavy atom. The second kappa shape index (κ2) is 9.43. The van der Waals surface area contributed by atoms with Gasteiger partial charge in [-0.3, -0.25) is 0 Å². The van der Waals surface area contributed by atoms with Crippen molar-refractivity contribution in [1.29, 1.82) is 0 Å². The lowest BCUT2D eigenvalue weighted by Gasteiger charge is -2.37. The van der Waals surface area contributed by atoms with Crippen molar-refractivity contribution in [2.24, 2.45) is 11.8 Å². The molecule has 0 unspecified atom stereocenters. The monoisotopic (exact) mass is 382 g/mol. The van der Waals surface area contributed by atoms with Gasteiger partial charge in [0.25, 0.3) is 0 Å². The van der Waals surface area contributed by atoms with E-state index in [9.17, 15) is 13.2 Å². The molecule has 1 saturated carbocycles. The van der Waals surface area contributed by atoms with E-state index in [4.69, 9.17) is 0 Å². The molecule has 2 fully saturated rings. The summed E-state index contributed by atoms with van der Waals surface area (Å²) in [7, 11) is -0.447. The van der Waals surface area contributed by atoms with Crippen molar-refractivity contribution in [2.75, 3.05) is 0 Å². The molecule has 3 rings (SSSR count). The van der Waals surface area contributed by atoms with Crippen molar-refractivity contribution < 1.29 is 13.2 Å². The maximum absolute atomic E-state index is 13.5. The SMILES string of the molecule is CCCCC[SiH]1CCC(C2CCC(c3cc(F)c(F)c(F)c3)CC2)CC1. The van der Waals surface area contributed by atoms with Crippen molar-refractivity contribution in [3.05, 3.63) is 35.1 Å². The summed E-state index contributed by atoms with van der Waals surface area (Å²) < 4.78 is 40.2. The summed E-state index contributed by atoms with van der Waals surface area (Å²) in [6.07, 6.45) is 11.3. The summed E-state index contributed by atoms with van der Waals surface area (Å²) in [6, 6.07) is 7.02. The number of unbranched alkanes of at least 4 members (excludes halogenated alkanes) is 2. The van der Waals surface area contributed by atoms with E-state index in [-0.39, 0.29) is 5.92 Å². The van der Waals surface area contributed by atoms with Gasteiger partial charge < -0.3 is 0 Å². The zero-order valence-corrected chi connectivity index (χ0v) is 17.2. The van der Waals surface area contributed by atoms with Crippen LogP contribution in [0.3, 0.4) is 0 Å². The van der Waals surface area contributed by atoms with Crippen molar-refractivity contribution in [3.63, 3.8) is 0 Å². The number of rotatable bonds is 6. The quantitative estimate of drug-likeness (QED) is 0.277. The van der Waals surface area contributed by atoms with E-state index in [0.717, 1.165) is 37.5 Å². The molecule has 0 amide bonds. The minimum Gasteiger partial charge on any atom is -0.204 e. The highest BCUT2D eigenvalue weighted by molar-refractivity contribution is 6.58. The van der Waals surface area contributed by atoms with Gasteiger partial charge in [0, 0.05) is 8.80 Å². The highest BCUT2D eigenvalue weighted by Crippen LogP contribution is 2.44. The van der Waals surface area contributed by atoms with Gasteiger partial charge in [0.05, 0.1) is 0 Å². The number of benzene rings is 1. The van der Waals surface area contributed by atoms with Crippen LogP contribution in [0.5, 0.6) is 0 Å². The first kappa shape index (κ1) is 20.0. The lowest BCUT2D eigenvalue weighted by molar-refractivity contribution is 0.216. The smallest absolute Gasteiger partial charge is 0.194 e. The summed E-state index contributed by atoms with van der Waals surface area (Å²) in [6.45, 7) is 2.28. The molecule has 0 bridgehead atoms. The fourth-order valence-corrected chi connectivity index (χ4v) is 8.90. The second-order valence-corrected chi connectivity index (χ2v) is 12.2. The fraction of sp³-hybridized carbons (Fsp3) is 0.727. The van der Waals surface area contributed by atoms with Crippen LogP contribution in [0, 0.1) is 29.3 Å². The number of hydrogen-bond donors (Lipinski definition) is 0. The first-order valence-electron chi connectivity index (χ1n) is 10.7. The van der Waals surface area contributed by atoms with Crippen LogP contribution < -0.4 is 0 Å². The van der Waals surface area contributed by atoms with Crippen LogP contribution in [0.4, 0.5) is 13.2 Å².